The molecule has 7 heteroatoms. The highest BCUT2D eigenvalue weighted by Gasteiger charge is 2.46. The van der Waals surface area contributed by atoms with E-state index in [0.29, 0.717) is 68.5 Å². The van der Waals surface area contributed by atoms with Crippen molar-refractivity contribution in [1.82, 2.24) is 0 Å². The lowest BCUT2D eigenvalue weighted by atomic mass is 9.93. The van der Waals surface area contributed by atoms with Crippen molar-refractivity contribution in [2.45, 2.75) is 60.8 Å². The summed E-state index contributed by atoms with van der Waals surface area (Å²) in [5.74, 6) is -1.72. The second kappa shape index (κ2) is 13.0. The highest BCUT2D eigenvalue weighted by atomic mass is 16.2. The monoisotopic (exact) mass is 735 g/mol. The highest BCUT2D eigenvalue weighted by Crippen LogP contribution is 2.55. The molecule has 6 aromatic carbocycles. The molecule has 0 spiro atoms. The second-order valence-corrected chi connectivity index (χ2v) is 14.8. The van der Waals surface area contributed by atoms with Gasteiger partial charge in [0.05, 0.1) is 50.8 Å². The molecule has 0 aliphatic carbocycles. The Kier molecular flexibility index (Phi) is 8.16. The highest BCUT2D eigenvalue weighted by molar-refractivity contribution is 6.56. The molecule has 3 aliphatic rings. The SMILES string of the molecule is CCc1cccc(C)c1N1C(=O)/C(=C2/C(=O)N(c3c(C)cccc3CC)c3c2ccc2c4c(ccc32)C(=O)C(=O)N4c2c(C)cccc2CC)c2ccccc21. The van der Waals surface area contributed by atoms with Crippen molar-refractivity contribution in [3.8, 4) is 0 Å². The average molecular weight is 736 g/mol. The first-order valence-electron chi connectivity index (χ1n) is 19.4. The minimum absolute atomic E-state index is 0.255. The van der Waals surface area contributed by atoms with Gasteiger partial charge in [0.2, 0.25) is 0 Å². The summed E-state index contributed by atoms with van der Waals surface area (Å²) in [7, 11) is 0. The molecule has 3 heterocycles. The van der Waals surface area contributed by atoms with Crippen molar-refractivity contribution in [3.05, 3.63) is 153 Å². The summed E-state index contributed by atoms with van der Waals surface area (Å²) >= 11 is 0. The summed E-state index contributed by atoms with van der Waals surface area (Å²) in [4.78, 5) is 63.5. The normalized spacial score (nSPS) is 16.1. The predicted octanol–water partition coefficient (Wildman–Crippen LogP) is 10.6. The third-order valence-corrected chi connectivity index (χ3v) is 11.8. The second-order valence-electron chi connectivity index (χ2n) is 14.8. The number of nitrogens with zero attached hydrogens (tertiary/aromatic N) is 3. The summed E-state index contributed by atoms with van der Waals surface area (Å²) in [5.41, 5.74) is 12.3. The molecular weight excluding hydrogens is 695 g/mol. The molecule has 0 radical (unpaired) electrons. The quantitative estimate of drug-likeness (QED) is 0.126. The summed E-state index contributed by atoms with van der Waals surface area (Å²) in [5, 5.41) is 1.38. The molecular formula is C49H41N3O4. The van der Waals surface area contributed by atoms with Crippen LogP contribution >= 0.6 is 0 Å². The van der Waals surface area contributed by atoms with Gasteiger partial charge >= 0.3 is 5.91 Å². The minimum Gasteiger partial charge on any atom is -0.283 e. The molecule has 0 bridgehead atoms. The van der Waals surface area contributed by atoms with Gasteiger partial charge in [0.15, 0.2) is 0 Å². The summed E-state index contributed by atoms with van der Waals surface area (Å²) in [6.07, 6.45) is 2.08. The van der Waals surface area contributed by atoms with Crippen LogP contribution in [0.15, 0.2) is 103 Å². The van der Waals surface area contributed by atoms with E-state index in [1.54, 1.807) is 20.8 Å². The first kappa shape index (κ1) is 35.1. The molecule has 9 rings (SSSR count). The molecule has 0 saturated carbocycles. The third kappa shape index (κ3) is 4.76. The Morgan fingerprint density at radius 3 is 1.36 bits per heavy atom. The number of aryl methyl sites for hydroxylation is 6. The molecule has 0 atom stereocenters. The van der Waals surface area contributed by atoms with E-state index in [9.17, 15) is 9.59 Å². The number of para-hydroxylation sites is 4. The Morgan fingerprint density at radius 2 is 0.821 bits per heavy atom. The average Bonchev–Trinajstić information content (AvgIpc) is 3.76. The van der Waals surface area contributed by atoms with Gasteiger partial charge in [-0.25, -0.2) is 0 Å². The fourth-order valence-corrected chi connectivity index (χ4v) is 9.21. The summed E-state index contributed by atoms with van der Waals surface area (Å²) < 4.78 is 0. The topological polar surface area (TPSA) is 78.0 Å². The summed E-state index contributed by atoms with van der Waals surface area (Å²) in [6.45, 7) is 12.2. The van der Waals surface area contributed by atoms with Crippen molar-refractivity contribution in [2.24, 2.45) is 0 Å². The van der Waals surface area contributed by atoms with Crippen LogP contribution in [0.5, 0.6) is 0 Å². The lowest BCUT2D eigenvalue weighted by Gasteiger charge is -2.26. The van der Waals surface area contributed by atoms with Crippen molar-refractivity contribution >= 4 is 79.5 Å². The first-order chi connectivity index (χ1) is 27.1. The molecule has 0 aromatic heterocycles. The Morgan fingerprint density at radius 1 is 0.393 bits per heavy atom. The zero-order valence-electron chi connectivity index (χ0n) is 32.4. The largest absolute Gasteiger partial charge is 0.304 e. The lowest BCUT2D eigenvalue weighted by molar-refractivity contribution is -0.114. The number of hydrogen-bond acceptors (Lipinski definition) is 4. The van der Waals surface area contributed by atoms with Crippen molar-refractivity contribution in [2.75, 3.05) is 14.7 Å². The fourth-order valence-electron chi connectivity index (χ4n) is 9.21. The molecule has 0 N–H and O–H groups in total. The number of carbonyl (C=O) groups is 4. The predicted molar refractivity (Wildman–Crippen MR) is 225 cm³/mol. The Balaban J connectivity index is 1.37. The van der Waals surface area contributed by atoms with E-state index in [4.69, 9.17) is 0 Å². The Hall–Kier alpha value is -6.60. The van der Waals surface area contributed by atoms with Gasteiger partial charge in [0.25, 0.3) is 17.6 Å². The number of carbonyl (C=O) groups excluding carboxylic acids is 4. The molecule has 3 aliphatic heterocycles. The Bertz CT molecular complexity index is 2790. The van der Waals surface area contributed by atoms with E-state index < -0.39 is 11.7 Å². The van der Waals surface area contributed by atoms with Crippen LogP contribution in [0.1, 0.15) is 75.6 Å². The molecule has 56 heavy (non-hydrogen) atoms. The molecule has 3 amide bonds. The molecule has 0 fully saturated rings. The van der Waals surface area contributed by atoms with Gasteiger partial charge in [0, 0.05) is 21.9 Å². The molecule has 6 aromatic rings. The zero-order valence-corrected chi connectivity index (χ0v) is 32.4. The summed E-state index contributed by atoms with van der Waals surface area (Å²) in [6, 6.07) is 33.1. The van der Waals surface area contributed by atoms with Gasteiger partial charge in [-0.2, -0.15) is 0 Å². The van der Waals surface area contributed by atoms with Crippen LogP contribution in [0.2, 0.25) is 0 Å². The van der Waals surface area contributed by atoms with Gasteiger partial charge in [-0.3, -0.25) is 33.9 Å². The maximum absolute atomic E-state index is 15.5. The van der Waals surface area contributed by atoms with Gasteiger partial charge in [-0.15, -0.1) is 0 Å². The number of fused-ring (bicyclic) bond motifs is 6. The van der Waals surface area contributed by atoms with E-state index in [1.807, 2.05) is 119 Å². The van der Waals surface area contributed by atoms with Crippen LogP contribution in [0.25, 0.3) is 21.9 Å². The molecule has 0 saturated heterocycles. The standard InChI is InChI=1S/C49H41N3O4/c1-7-30-18-12-15-27(4)41(30)50-38-22-11-10-21-35(38)39(47(50)54)40-36-25-23-34-33(44(36)51(48(40)55)42-28(5)16-13-19-31(42)8-2)24-26-37-45(34)52(49(56)46(37)53)43-29(6)17-14-20-32(43)9-3/h10-26H,7-9H2,1-6H3/b40-39+. The van der Waals surface area contributed by atoms with E-state index in [2.05, 4.69) is 19.9 Å². The Labute approximate surface area is 326 Å². The van der Waals surface area contributed by atoms with E-state index in [1.165, 1.54) is 0 Å². The first-order valence-corrected chi connectivity index (χ1v) is 19.4. The maximum Gasteiger partial charge on any atom is 0.304 e. The smallest absolute Gasteiger partial charge is 0.283 e. The molecule has 7 nitrogen and oxygen atoms in total. The number of anilines is 6. The van der Waals surface area contributed by atoms with Crippen LogP contribution in [-0.2, 0) is 33.6 Å². The van der Waals surface area contributed by atoms with Gasteiger partial charge in [-0.05, 0) is 85.5 Å². The number of rotatable bonds is 6. The van der Waals surface area contributed by atoms with E-state index >= 15 is 9.59 Å². The van der Waals surface area contributed by atoms with Crippen molar-refractivity contribution in [1.29, 1.82) is 0 Å². The van der Waals surface area contributed by atoms with Gasteiger partial charge < -0.3 is 0 Å². The zero-order chi connectivity index (χ0) is 39.2. The van der Waals surface area contributed by atoms with Crippen LogP contribution in [0, 0.1) is 20.8 Å². The van der Waals surface area contributed by atoms with Gasteiger partial charge in [0.1, 0.15) is 0 Å². The van der Waals surface area contributed by atoms with Crippen molar-refractivity contribution in [3.63, 3.8) is 0 Å². The molecule has 0 unspecified atom stereocenters. The van der Waals surface area contributed by atoms with Crippen molar-refractivity contribution < 1.29 is 19.2 Å². The van der Waals surface area contributed by atoms with Crippen LogP contribution in [-0.4, -0.2) is 23.5 Å². The maximum atomic E-state index is 15.5. The number of Topliss-reactive ketones (excluding diaryl/α,β-unsaturated/α-hetero) is 1. The fraction of sp³-hybridized carbons (Fsp3) is 0.184. The van der Waals surface area contributed by atoms with Crippen LogP contribution in [0.4, 0.5) is 34.1 Å². The van der Waals surface area contributed by atoms with Crippen LogP contribution in [0.3, 0.4) is 0 Å². The number of ketones is 1. The lowest BCUT2D eigenvalue weighted by Crippen LogP contribution is -2.26. The number of hydrogen-bond donors (Lipinski definition) is 0. The minimum atomic E-state index is -0.601. The molecule has 276 valence electrons. The number of amides is 3. The van der Waals surface area contributed by atoms with Gasteiger partial charge in [-0.1, -0.05) is 112 Å². The van der Waals surface area contributed by atoms with E-state index in [-0.39, 0.29) is 11.8 Å². The van der Waals surface area contributed by atoms with Crippen LogP contribution < -0.4 is 14.7 Å². The number of benzene rings is 6. The van der Waals surface area contributed by atoms with E-state index in [0.717, 1.165) is 56.9 Å². The third-order valence-electron chi connectivity index (χ3n) is 11.8.